The number of imidazole rings is 1. The third-order valence-corrected chi connectivity index (χ3v) is 5.10. The fourth-order valence-corrected chi connectivity index (χ4v) is 3.70. The van der Waals surface area contributed by atoms with Crippen LogP contribution in [0.15, 0.2) is 73.2 Å². The molecule has 0 radical (unpaired) electrons. The molecule has 5 rings (SSSR count). The van der Waals surface area contributed by atoms with Crippen LogP contribution in [0.25, 0.3) is 39.1 Å². The molecule has 0 aliphatic carbocycles. The maximum atomic E-state index is 14.5. The third kappa shape index (κ3) is 3.62. The predicted octanol–water partition coefficient (Wildman–Crippen LogP) is 5.32. The van der Waals surface area contributed by atoms with Crippen molar-refractivity contribution in [1.82, 2.24) is 19.7 Å². The van der Waals surface area contributed by atoms with Crippen molar-refractivity contribution in [2.24, 2.45) is 0 Å². The van der Waals surface area contributed by atoms with E-state index in [0.29, 0.717) is 16.9 Å². The molecule has 5 aromatic rings. The van der Waals surface area contributed by atoms with Gasteiger partial charge in [-0.2, -0.15) is 5.10 Å². The second-order valence-electron chi connectivity index (χ2n) is 7.35. The Labute approximate surface area is 181 Å². The van der Waals surface area contributed by atoms with Crippen LogP contribution in [0.3, 0.4) is 0 Å². The van der Waals surface area contributed by atoms with Gasteiger partial charge in [0.05, 0.1) is 16.7 Å². The Morgan fingerprint density at radius 3 is 2.62 bits per heavy atom. The fraction of sp³-hybridized carbons (Fsp3) is 0.0417. The molecule has 2 heterocycles. The molecule has 3 aromatic carbocycles. The maximum absolute atomic E-state index is 14.5. The van der Waals surface area contributed by atoms with Gasteiger partial charge in [-0.3, -0.25) is 14.5 Å². The number of fused-ring (bicyclic) bond motifs is 1. The summed E-state index contributed by atoms with van der Waals surface area (Å²) in [6.45, 7) is 1.40. The van der Waals surface area contributed by atoms with E-state index in [1.54, 1.807) is 30.7 Å². The van der Waals surface area contributed by atoms with Crippen LogP contribution in [-0.2, 0) is 4.79 Å². The molecule has 0 saturated heterocycles. The fourth-order valence-electron chi connectivity index (χ4n) is 3.70. The Hall–Kier alpha value is -4.33. The van der Waals surface area contributed by atoms with Crippen LogP contribution < -0.4 is 5.32 Å². The van der Waals surface area contributed by atoms with E-state index in [9.17, 15) is 13.6 Å². The number of nitrogens with zero attached hydrogens (tertiary/aromatic N) is 3. The number of H-pyrrole nitrogens is 1. The number of hydrogen-bond acceptors (Lipinski definition) is 3. The van der Waals surface area contributed by atoms with Crippen molar-refractivity contribution in [3.63, 3.8) is 0 Å². The molecule has 0 bridgehead atoms. The molecule has 158 valence electrons. The molecule has 6 nitrogen and oxygen atoms in total. The first-order valence-corrected chi connectivity index (χ1v) is 9.84. The van der Waals surface area contributed by atoms with Gasteiger partial charge >= 0.3 is 0 Å². The average Bonchev–Trinajstić information content (AvgIpc) is 3.42. The molecule has 0 saturated carbocycles. The zero-order valence-electron chi connectivity index (χ0n) is 16.9. The van der Waals surface area contributed by atoms with Crippen molar-refractivity contribution in [2.75, 3.05) is 5.32 Å². The number of amides is 1. The zero-order valence-corrected chi connectivity index (χ0v) is 16.9. The number of carbonyl (C=O) groups excluding carboxylic acids is 1. The topological polar surface area (TPSA) is 75.6 Å². The highest BCUT2D eigenvalue weighted by Gasteiger charge is 2.13. The van der Waals surface area contributed by atoms with E-state index in [1.165, 1.54) is 19.1 Å². The number of hydrogen-bond donors (Lipinski definition) is 2. The minimum atomic E-state index is -0.685. The number of benzene rings is 3. The molecule has 2 N–H and O–H groups in total. The highest BCUT2D eigenvalue weighted by Crippen LogP contribution is 2.31. The van der Waals surface area contributed by atoms with E-state index in [1.807, 2.05) is 28.8 Å². The Bertz CT molecular complexity index is 1460. The summed E-state index contributed by atoms with van der Waals surface area (Å²) in [7, 11) is 0. The lowest BCUT2D eigenvalue weighted by Crippen LogP contribution is -2.07. The van der Waals surface area contributed by atoms with Gasteiger partial charge in [0.15, 0.2) is 0 Å². The molecule has 0 unspecified atom stereocenters. The molecule has 0 aliphatic heterocycles. The molecule has 0 atom stereocenters. The van der Waals surface area contributed by atoms with Crippen LogP contribution in [0.4, 0.5) is 14.5 Å². The van der Waals surface area contributed by atoms with Gasteiger partial charge in [-0.1, -0.05) is 6.07 Å². The quantitative estimate of drug-likeness (QED) is 0.406. The summed E-state index contributed by atoms with van der Waals surface area (Å²) in [5, 5.41) is 9.73. The van der Waals surface area contributed by atoms with Gasteiger partial charge < -0.3 is 5.32 Å². The highest BCUT2D eigenvalue weighted by molar-refractivity contribution is 5.91. The molecule has 0 fully saturated rings. The number of halogens is 2. The summed E-state index contributed by atoms with van der Waals surface area (Å²) in [6, 6.07) is 16.3. The second-order valence-corrected chi connectivity index (χ2v) is 7.35. The van der Waals surface area contributed by atoms with Crippen LogP contribution in [0.5, 0.6) is 0 Å². The average molecular weight is 429 g/mol. The van der Waals surface area contributed by atoms with E-state index in [0.717, 1.165) is 28.4 Å². The summed E-state index contributed by atoms with van der Waals surface area (Å²) in [4.78, 5) is 16.2. The van der Waals surface area contributed by atoms with Gasteiger partial charge in [-0.25, -0.2) is 13.8 Å². The standard InChI is InChI=1S/C24H17F2N5O/c1-14(32)29-18-8-16(20-4-3-17(25)11-21(20)26)9-19(12-18)31-13-27-23-10-15(2-5-24(23)31)22-6-7-28-30-22/h2-13H,1H3,(H,28,30)(H,29,32). The maximum Gasteiger partial charge on any atom is 0.221 e. The van der Waals surface area contributed by atoms with Crippen LogP contribution in [0.2, 0.25) is 0 Å². The van der Waals surface area contributed by atoms with Gasteiger partial charge in [-0.15, -0.1) is 0 Å². The minimum Gasteiger partial charge on any atom is -0.326 e. The van der Waals surface area contributed by atoms with Crippen LogP contribution in [0, 0.1) is 11.6 Å². The number of carbonyl (C=O) groups is 1. The Kier molecular flexibility index (Phi) is 4.74. The summed E-state index contributed by atoms with van der Waals surface area (Å²) in [5.41, 5.74) is 5.20. The molecule has 8 heteroatoms. The molecule has 32 heavy (non-hydrogen) atoms. The first kappa shape index (κ1) is 19.6. The lowest BCUT2D eigenvalue weighted by atomic mass is 10.0. The number of aromatic amines is 1. The van der Waals surface area contributed by atoms with Crippen LogP contribution >= 0.6 is 0 Å². The Balaban J connectivity index is 1.65. The smallest absolute Gasteiger partial charge is 0.221 e. The molecule has 0 aliphatic rings. The first-order valence-electron chi connectivity index (χ1n) is 9.84. The van der Waals surface area contributed by atoms with Crippen molar-refractivity contribution in [1.29, 1.82) is 0 Å². The lowest BCUT2D eigenvalue weighted by Gasteiger charge is -2.13. The van der Waals surface area contributed by atoms with Gasteiger partial charge in [0, 0.05) is 41.7 Å². The number of anilines is 1. The van der Waals surface area contributed by atoms with E-state index in [4.69, 9.17) is 0 Å². The largest absolute Gasteiger partial charge is 0.326 e. The third-order valence-electron chi connectivity index (χ3n) is 5.10. The van der Waals surface area contributed by atoms with E-state index in [2.05, 4.69) is 20.5 Å². The van der Waals surface area contributed by atoms with Crippen molar-refractivity contribution in [3.05, 3.63) is 84.8 Å². The van der Waals surface area contributed by atoms with Crippen molar-refractivity contribution in [2.45, 2.75) is 6.92 Å². The number of rotatable bonds is 4. The Morgan fingerprint density at radius 1 is 1.00 bits per heavy atom. The van der Waals surface area contributed by atoms with E-state index >= 15 is 0 Å². The number of aromatic nitrogens is 4. The second kappa shape index (κ2) is 7.73. The normalized spacial score (nSPS) is 11.1. The molecule has 1 amide bonds. The zero-order chi connectivity index (χ0) is 22.2. The highest BCUT2D eigenvalue weighted by atomic mass is 19.1. The predicted molar refractivity (Wildman–Crippen MR) is 118 cm³/mol. The summed E-state index contributed by atoms with van der Waals surface area (Å²) in [6.07, 6.45) is 3.42. The summed E-state index contributed by atoms with van der Waals surface area (Å²) < 4.78 is 29.7. The van der Waals surface area contributed by atoms with E-state index < -0.39 is 11.6 Å². The van der Waals surface area contributed by atoms with E-state index in [-0.39, 0.29) is 11.5 Å². The number of nitrogens with one attached hydrogen (secondary N) is 2. The van der Waals surface area contributed by atoms with Crippen LogP contribution in [-0.4, -0.2) is 25.7 Å². The molecular weight excluding hydrogens is 412 g/mol. The van der Waals surface area contributed by atoms with Gasteiger partial charge in [0.1, 0.15) is 18.0 Å². The van der Waals surface area contributed by atoms with Gasteiger partial charge in [0.2, 0.25) is 5.91 Å². The van der Waals surface area contributed by atoms with Crippen molar-refractivity contribution in [3.8, 4) is 28.1 Å². The minimum absolute atomic E-state index is 0.227. The van der Waals surface area contributed by atoms with Crippen molar-refractivity contribution >= 4 is 22.6 Å². The molecule has 0 spiro atoms. The lowest BCUT2D eigenvalue weighted by molar-refractivity contribution is -0.114. The first-order chi connectivity index (χ1) is 15.5. The molecular formula is C24H17F2N5O. The summed E-state index contributed by atoms with van der Waals surface area (Å²) in [5.74, 6) is -1.60. The van der Waals surface area contributed by atoms with Gasteiger partial charge in [0.25, 0.3) is 0 Å². The van der Waals surface area contributed by atoms with Gasteiger partial charge in [-0.05, 0) is 54.1 Å². The molecule has 2 aromatic heterocycles. The monoisotopic (exact) mass is 429 g/mol. The van der Waals surface area contributed by atoms with Crippen LogP contribution in [0.1, 0.15) is 6.92 Å². The summed E-state index contributed by atoms with van der Waals surface area (Å²) >= 11 is 0. The van der Waals surface area contributed by atoms with Crippen molar-refractivity contribution < 1.29 is 13.6 Å². The SMILES string of the molecule is CC(=O)Nc1cc(-c2ccc(F)cc2F)cc(-n2cnc3cc(-c4cc[nH]n4)ccc32)c1. The Morgan fingerprint density at radius 2 is 1.88 bits per heavy atom.